The van der Waals surface area contributed by atoms with Gasteiger partial charge in [-0.25, -0.2) is 4.68 Å². The summed E-state index contributed by atoms with van der Waals surface area (Å²) in [7, 11) is 1.30. The topological polar surface area (TPSA) is 154 Å². The number of anilines is 2. The summed E-state index contributed by atoms with van der Waals surface area (Å²) < 4.78 is 12.4. The number of aromatic nitrogens is 3. The number of benzene rings is 2. The first-order valence-electron chi connectivity index (χ1n) is 12.4. The van der Waals surface area contributed by atoms with Crippen molar-refractivity contribution in [2.24, 2.45) is 0 Å². The third kappa shape index (κ3) is 5.77. The zero-order valence-electron chi connectivity index (χ0n) is 22.1. The van der Waals surface area contributed by atoms with E-state index < -0.39 is 28.3 Å². The van der Waals surface area contributed by atoms with Crippen LogP contribution in [0.5, 0.6) is 17.2 Å². The predicted octanol–water partition coefficient (Wildman–Crippen LogP) is 5.12. The summed E-state index contributed by atoms with van der Waals surface area (Å²) in [5.41, 5.74) is 0.979. The lowest BCUT2D eigenvalue weighted by Gasteiger charge is -2.29. The Bertz CT molecular complexity index is 1420. The number of rotatable bonds is 11. The molecule has 13 heteroatoms. The van der Waals surface area contributed by atoms with E-state index in [4.69, 9.17) is 9.47 Å². The third-order valence-electron chi connectivity index (χ3n) is 6.05. The summed E-state index contributed by atoms with van der Waals surface area (Å²) in [6.07, 6.45) is 2.00. The first kappa shape index (κ1) is 27.8. The number of unbranched alkanes of at least 4 members (excludes halogenated alkanes) is 1. The molecule has 2 aromatic carbocycles. The Balaban J connectivity index is 1.84. The highest BCUT2D eigenvalue weighted by atomic mass is 32.2. The Morgan fingerprint density at radius 1 is 1.28 bits per heavy atom. The maximum absolute atomic E-state index is 13.8. The normalized spacial score (nSPS) is 14.4. The number of allylic oxidation sites excluding steroid dienone is 1. The fraction of sp³-hybridized carbons (Fsp3) is 0.346. The SMILES string of the molecule is CCCCSc1nc2n(n1)C(c1cc(OC)c(O)c([N+](=O)[O-])c1)C(C(=O)Nc1ccccc1OCC)=C(C)N2. The Hall–Kier alpha value is -4.26. The summed E-state index contributed by atoms with van der Waals surface area (Å²) in [6, 6.07) is 8.82. The van der Waals surface area contributed by atoms with Crippen LogP contribution in [0.15, 0.2) is 52.8 Å². The molecule has 0 saturated heterocycles. The molecular formula is C26H30N6O6S. The monoisotopic (exact) mass is 554 g/mol. The number of hydrogen-bond donors (Lipinski definition) is 3. The number of thioether (sulfide) groups is 1. The number of amides is 1. The molecule has 0 radical (unpaired) electrons. The maximum Gasteiger partial charge on any atom is 0.315 e. The number of fused-ring (bicyclic) bond motifs is 1. The van der Waals surface area contributed by atoms with Crippen LogP contribution in [0.1, 0.15) is 45.2 Å². The highest BCUT2D eigenvalue weighted by molar-refractivity contribution is 7.99. The molecule has 3 N–H and O–H groups in total. The van der Waals surface area contributed by atoms with Crippen molar-refractivity contribution in [1.29, 1.82) is 0 Å². The fourth-order valence-electron chi connectivity index (χ4n) is 4.21. The van der Waals surface area contributed by atoms with Gasteiger partial charge >= 0.3 is 5.69 Å². The third-order valence-corrected chi connectivity index (χ3v) is 6.98. The highest BCUT2D eigenvalue weighted by Crippen LogP contribution is 2.43. The number of carbonyl (C=O) groups excluding carboxylic acids is 1. The molecule has 0 aliphatic carbocycles. The molecule has 1 aliphatic rings. The van der Waals surface area contributed by atoms with Crippen LogP contribution < -0.4 is 20.1 Å². The van der Waals surface area contributed by atoms with E-state index in [1.54, 1.807) is 31.2 Å². The molecule has 12 nitrogen and oxygen atoms in total. The van der Waals surface area contributed by atoms with Gasteiger partial charge in [0.2, 0.25) is 16.9 Å². The van der Waals surface area contributed by atoms with Crippen molar-refractivity contribution in [3.05, 3.63) is 63.3 Å². The molecule has 1 unspecified atom stereocenters. The van der Waals surface area contributed by atoms with Crippen LogP contribution in [-0.2, 0) is 4.79 Å². The number of aromatic hydroxyl groups is 1. The van der Waals surface area contributed by atoms with E-state index in [1.165, 1.54) is 35.7 Å². The number of nitro benzene ring substituents is 1. The molecule has 0 fully saturated rings. The minimum Gasteiger partial charge on any atom is -0.500 e. The van der Waals surface area contributed by atoms with Crippen LogP contribution in [0.3, 0.4) is 0 Å². The second-order valence-corrected chi connectivity index (χ2v) is 9.72. The lowest BCUT2D eigenvalue weighted by molar-refractivity contribution is -0.386. The molecule has 2 heterocycles. The first-order chi connectivity index (χ1) is 18.8. The van der Waals surface area contributed by atoms with E-state index in [-0.39, 0.29) is 11.3 Å². The zero-order chi connectivity index (χ0) is 28.1. The molecule has 206 valence electrons. The molecule has 1 aromatic heterocycles. The molecule has 3 aromatic rings. The minimum atomic E-state index is -0.915. The maximum atomic E-state index is 13.8. The predicted molar refractivity (Wildman–Crippen MR) is 148 cm³/mol. The number of phenolic OH excluding ortho intramolecular Hbond substituents is 1. The van der Waals surface area contributed by atoms with E-state index in [9.17, 15) is 20.0 Å². The van der Waals surface area contributed by atoms with E-state index in [0.717, 1.165) is 18.6 Å². The van der Waals surface area contributed by atoms with Gasteiger partial charge in [0.05, 0.1) is 29.9 Å². The molecule has 1 aliphatic heterocycles. The van der Waals surface area contributed by atoms with E-state index in [1.807, 2.05) is 6.92 Å². The number of nitrogens with zero attached hydrogens (tertiary/aromatic N) is 4. The van der Waals surface area contributed by atoms with Gasteiger partial charge < -0.3 is 25.2 Å². The zero-order valence-corrected chi connectivity index (χ0v) is 22.9. The average molecular weight is 555 g/mol. The number of hydrogen-bond acceptors (Lipinski definition) is 10. The molecule has 39 heavy (non-hydrogen) atoms. The van der Waals surface area contributed by atoms with Crippen molar-refractivity contribution in [1.82, 2.24) is 14.8 Å². The Kier molecular flexibility index (Phi) is 8.59. The van der Waals surface area contributed by atoms with Gasteiger partial charge in [-0.15, -0.1) is 5.10 Å². The molecule has 1 amide bonds. The molecule has 0 bridgehead atoms. The van der Waals surface area contributed by atoms with Gasteiger partial charge in [-0.05, 0) is 44.0 Å². The summed E-state index contributed by atoms with van der Waals surface area (Å²) in [5.74, 6) is 0.538. The van der Waals surface area contributed by atoms with Crippen molar-refractivity contribution < 1.29 is 24.3 Å². The van der Waals surface area contributed by atoms with E-state index in [0.29, 0.717) is 40.4 Å². The van der Waals surface area contributed by atoms with E-state index in [2.05, 4.69) is 27.6 Å². The second kappa shape index (κ2) is 12.1. The van der Waals surface area contributed by atoms with Crippen molar-refractivity contribution in [2.45, 2.75) is 44.8 Å². The lowest BCUT2D eigenvalue weighted by Crippen LogP contribution is -2.31. The Morgan fingerprint density at radius 3 is 2.74 bits per heavy atom. The molecule has 0 spiro atoms. The lowest BCUT2D eigenvalue weighted by atomic mass is 9.94. The fourth-order valence-corrected chi connectivity index (χ4v) is 5.12. The smallest absolute Gasteiger partial charge is 0.315 e. The molecular weight excluding hydrogens is 524 g/mol. The summed E-state index contributed by atoms with van der Waals surface area (Å²) in [4.78, 5) is 29.5. The number of methoxy groups -OCH3 is 1. The number of nitro groups is 1. The minimum absolute atomic E-state index is 0.101. The first-order valence-corrected chi connectivity index (χ1v) is 13.4. The Morgan fingerprint density at radius 2 is 2.05 bits per heavy atom. The van der Waals surface area contributed by atoms with Crippen LogP contribution in [0.4, 0.5) is 17.3 Å². The number of carbonyl (C=O) groups is 1. The van der Waals surface area contributed by atoms with Gasteiger partial charge in [-0.1, -0.05) is 37.2 Å². The summed E-state index contributed by atoms with van der Waals surface area (Å²) in [6.45, 7) is 6.08. The quantitative estimate of drug-likeness (QED) is 0.126. The van der Waals surface area contributed by atoms with Crippen molar-refractivity contribution in [2.75, 3.05) is 30.1 Å². The number of ether oxygens (including phenoxy) is 2. The largest absolute Gasteiger partial charge is 0.500 e. The van der Waals surface area contributed by atoms with Gasteiger partial charge in [-0.3, -0.25) is 14.9 Å². The van der Waals surface area contributed by atoms with Gasteiger partial charge in [0, 0.05) is 17.5 Å². The van der Waals surface area contributed by atoms with Crippen LogP contribution >= 0.6 is 11.8 Å². The van der Waals surface area contributed by atoms with Crippen molar-refractivity contribution in [3.63, 3.8) is 0 Å². The van der Waals surface area contributed by atoms with Crippen LogP contribution in [-0.4, -0.2) is 50.2 Å². The second-order valence-electron chi connectivity index (χ2n) is 8.66. The van der Waals surface area contributed by atoms with Gasteiger partial charge in [0.15, 0.2) is 5.75 Å². The average Bonchev–Trinajstić information content (AvgIpc) is 3.31. The van der Waals surface area contributed by atoms with Crippen LogP contribution in [0.25, 0.3) is 0 Å². The van der Waals surface area contributed by atoms with Gasteiger partial charge in [0.25, 0.3) is 5.91 Å². The molecule has 1 atom stereocenters. The van der Waals surface area contributed by atoms with Crippen LogP contribution in [0, 0.1) is 10.1 Å². The van der Waals surface area contributed by atoms with Gasteiger partial charge in [-0.2, -0.15) is 4.98 Å². The molecule has 0 saturated carbocycles. The molecule has 4 rings (SSSR count). The number of para-hydroxylation sites is 2. The summed E-state index contributed by atoms with van der Waals surface area (Å²) >= 11 is 1.48. The standard InChI is InChI=1S/C26H30N6O6S/c1-5-7-12-39-26-29-25-27-15(3)21(24(34)28-17-10-8-9-11-19(17)38-6-2)22(31(25)30-26)16-13-18(32(35)36)23(33)20(14-16)37-4/h8-11,13-14,22,33H,5-7,12H2,1-4H3,(H,28,34)(H,27,29,30). The van der Waals surface area contributed by atoms with E-state index >= 15 is 0 Å². The Labute approximate surface area is 229 Å². The number of nitrogens with one attached hydrogen (secondary N) is 2. The summed E-state index contributed by atoms with van der Waals surface area (Å²) in [5, 5.41) is 33.4. The van der Waals surface area contributed by atoms with Gasteiger partial charge in [0.1, 0.15) is 11.8 Å². The van der Waals surface area contributed by atoms with Crippen LogP contribution in [0.2, 0.25) is 0 Å². The van der Waals surface area contributed by atoms with Crippen molar-refractivity contribution >= 4 is 35.0 Å². The van der Waals surface area contributed by atoms with Crippen molar-refractivity contribution in [3.8, 4) is 17.2 Å². The highest BCUT2D eigenvalue weighted by Gasteiger charge is 2.36. The number of phenols is 1.